The maximum absolute atomic E-state index is 3.77. The minimum absolute atomic E-state index is 0.518. The Bertz CT molecular complexity index is 185. The Morgan fingerprint density at radius 2 is 2.00 bits per heavy atom. The third-order valence-electron chi connectivity index (χ3n) is 4.09. The van der Waals surface area contributed by atoms with Crippen molar-refractivity contribution in [3.05, 3.63) is 0 Å². The van der Waals surface area contributed by atoms with Crippen molar-refractivity contribution in [1.29, 1.82) is 0 Å². The smallest absolute Gasteiger partial charge is 0.0309 e. The largest absolute Gasteiger partial charge is 0.309 e. The average molecular weight is 210 g/mol. The van der Waals surface area contributed by atoms with E-state index in [0.717, 1.165) is 0 Å². The Balaban J connectivity index is 1.76. The van der Waals surface area contributed by atoms with Crippen molar-refractivity contribution in [2.24, 2.45) is 0 Å². The molecule has 0 radical (unpaired) electrons. The maximum Gasteiger partial charge on any atom is 0.0309 e. The molecule has 88 valence electrons. The second-order valence-corrected chi connectivity index (χ2v) is 5.40. The van der Waals surface area contributed by atoms with Crippen LogP contribution in [0.1, 0.15) is 51.9 Å². The SMILES string of the molecule is CCCCCN1CCNC2(CCCC2)C1. The number of piperazine rings is 1. The number of nitrogens with zero attached hydrogens (tertiary/aromatic N) is 1. The van der Waals surface area contributed by atoms with Crippen molar-refractivity contribution in [3.8, 4) is 0 Å². The van der Waals surface area contributed by atoms with E-state index in [1.165, 1.54) is 71.1 Å². The Morgan fingerprint density at radius 3 is 2.73 bits per heavy atom. The second-order valence-electron chi connectivity index (χ2n) is 5.40. The number of rotatable bonds is 4. The van der Waals surface area contributed by atoms with Gasteiger partial charge in [-0.15, -0.1) is 0 Å². The molecular weight excluding hydrogens is 184 g/mol. The number of unbranched alkanes of at least 4 members (excludes halogenated alkanes) is 2. The predicted octanol–water partition coefficient (Wildman–Crippen LogP) is 2.39. The second kappa shape index (κ2) is 5.31. The molecule has 0 amide bonds. The minimum Gasteiger partial charge on any atom is -0.309 e. The van der Waals surface area contributed by atoms with E-state index in [1.54, 1.807) is 0 Å². The Hall–Kier alpha value is -0.0800. The van der Waals surface area contributed by atoms with E-state index in [9.17, 15) is 0 Å². The summed E-state index contributed by atoms with van der Waals surface area (Å²) in [6.07, 6.45) is 9.85. The van der Waals surface area contributed by atoms with Crippen LogP contribution in [-0.4, -0.2) is 36.6 Å². The number of nitrogens with one attached hydrogen (secondary N) is 1. The Labute approximate surface area is 94.4 Å². The molecule has 0 aromatic carbocycles. The molecule has 0 aromatic rings. The van der Waals surface area contributed by atoms with Crippen LogP contribution in [0.5, 0.6) is 0 Å². The minimum atomic E-state index is 0.518. The fourth-order valence-electron chi connectivity index (χ4n) is 3.21. The molecule has 1 heterocycles. The van der Waals surface area contributed by atoms with E-state index >= 15 is 0 Å². The zero-order valence-corrected chi connectivity index (χ0v) is 10.2. The van der Waals surface area contributed by atoms with Crippen LogP contribution in [0, 0.1) is 0 Å². The van der Waals surface area contributed by atoms with Crippen LogP contribution in [0.3, 0.4) is 0 Å². The molecular formula is C13H26N2. The van der Waals surface area contributed by atoms with Crippen molar-refractivity contribution in [1.82, 2.24) is 10.2 Å². The van der Waals surface area contributed by atoms with E-state index in [2.05, 4.69) is 17.1 Å². The van der Waals surface area contributed by atoms with E-state index in [0.29, 0.717) is 5.54 Å². The molecule has 0 bridgehead atoms. The lowest BCUT2D eigenvalue weighted by atomic mass is 9.94. The molecule has 2 heteroatoms. The zero-order chi connectivity index (χ0) is 10.6. The molecule has 0 unspecified atom stereocenters. The van der Waals surface area contributed by atoms with Crippen LogP contribution >= 0.6 is 0 Å². The van der Waals surface area contributed by atoms with Crippen LogP contribution in [-0.2, 0) is 0 Å². The molecule has 1 N–H and O–H groups in total. The quantitative estimate of drug-likeness (QED) is 0.717. The van der Waals surface area contributed by atoms with Crippen molar-refractivity contribution in [2.75, 3.05) is 26.2 Å². The summed E-state index contributed by atoms with van der Waals surface area (Å²) in [5.74, 6) is 0. The fourth-order valence-corrected chi connectivity index (χ4v) is 3.21. The standard InChI is InChI=1S/C13H26N2/c1-2-3-6-10-15-11-9-14-13(12-15)7-4-5-8-13/h14H,2-12H2,1H3. The highest BCUT2D eigenvalue weighted by molar-refractivity contribution is 4.97. The molecule has 2 rings (SSSR count). The predicted molar refractivity (Wildman–Crippen MR) is 65.2 cm³/mol. The average Bonchev–Trinajstić information content (AvgIpc) is 2.67. The van der Waals surface area contributed by atoms with Gasteiger partial charge in [0.15, 0.2) is 0 Å². The maximum atomic E-state index is 3.77. The van der Waals surface area contributed by atoms with E-state index in [4.69, 9.17) is 0 Å². The number of hydrogen-bond acceptors (Lipinski definition) is 2. The summed E-state index contributed by atoms with van der Waals surface area (Å²) in [5.41, 5.74) is 0.518. The van der Waals surface area contributed by atoms with E-state index < -0.39 is 0 Å². The lowest BCUT2D eigenvalue weighted by Crippen LogP contribution is -2.59. The van der Waals surface area contributed by atoms with E-state index in [1.807, 2.05) is 0 Å². The molecule has 15 heavy (non-hydrogen) atoms. The van der Waals surface area contributed by atoms with Crippen LogP contribution in [0.4, 0.5) is 0 Å². The first-order valence-corrected chi connectivity index (χ1v) is 6.82. The van der Waals surface area contributed by atoms with Gasteiger partial charge in [0.05, 0.1) is 0 Å². The van der Waals surface area contributed by atoms with E-state index in [-0.39, 0.29) is 0 Å². The summed E-state index contributed by atoms with van der Waals surface area (Å²) >= 11 is 0. The Kier molecular flexibility index (Phi) is 4.04. The van der Waals surface area contributed by atoms with Gasteiger partial charge in [0.2, 0.25) is 0 Å². The van der Waals surface area contributed by atoms with Gasteiger partial charge in [-0.1, -0.05) is 32.6 Å². The zero-order valence-electron chi connectivity index (χ0n) is 10.2. The van der Waals surface area contributed by atoms with Crippen molar-refractivity contribution in [2.45, 2.75) is 57.4 Å². The molecule has 1 aliphatic carbocycles. The van der Waals surface area contributed by atoms with Gasteiger partial charge in [0, 0.05) is 25.2 Å². The first kappa shape index (κ1) is 11.4. The first-order valence-electron chi connectivity index (χ1n) is 6.82. The summed E-state index contributed by atoms with van der Waals surface area (Å²) in [6, 6.07) is 0. The van der Waals surface area contributed by atoms with Crippen LogP contribution in [0.15, 0.2) is 0 Å². The Morgan fingerprint density at radius 1 is 1.20 bits per heavy atom. The van der Waals surface area contributed by atoms with Gasteiger partial charge >= 0.3 is 0 Å². The van der Waals surface area contributed by atoms with Crippen molar-refractivity contribution < 1.29 is 0 Å². The molecule has 1 aliphatic heterocycles. The molecule has 2 aliphatic rings. The van der Waals surface area contributed by atoms with Gasteiger partial charge in [-0.3, -0.25) is 0 Å². The van der Waals surface area contributed by atoms with Gasteiger partial charge in [-0.25, -0.2) is 0 Å². The van der Waals surface area contributed by atoms with Gasteiger partial charge < -0.3 is 10.2 Å². The molecule has 1 saturated heterocycles. The normalized spacial score (nSPS) is 26.2. The van der Waals surface area contributed by atoms with Gasteiger partial charge in [0.1, 0.15) is 0 Å². The monoisotopic (exact) mass is 210 g/mol. The number of hydrogen-bond donors (Lipinski definition) is 1. The van der Waals surface area contributed by atoms with Gasteiger partial charge in [-0.2, -0.15) is 0 Å². The van der Waals surface area contributed by atoms with Crippen molar-refractivity contribution >= 4 is 0 Å². The van der Waals surface area contributed by atoms with Crippen molar-refractivity contribution in [3.63, 3.8) is 0 Å². The third kappa shape index (κ3) is 2.94. The summed E-state index contributed by atoms with van der Waals surface area (Å²) in [7, 11) is 0. The van der Waals surface area contributed by atoms with Crippen LogP contribution in [0.25, 0.3) is 0 Å². The molecule has 0 aromatic heterocycles. The molecule has 1 saturated carbocycles. The third-order valence-corrected chi connectivity index (χ3v) is 4.09. The van der Waals surface area contributed by atoms with Crippen LogP contribution in [0.2, 0.25) is 0 Å². The lowest BCUT2D eigenvalue weighted by molar-refractivity contribution is 0.133. The summed E-state index contributed by atoms with van der Waals surface area (Å²) < 4.78 is 0. The highest BCUT2D eigenvalue weighted by atomic mass is 15.2. The fraction of sp³-hybridized carbons (Fsp3) is 1.00. The van der Waals surface area contributed by atoms with Crippen LogP contribution < -0.4 is 5.32 Å². The van der Waals surface area contributed by atoms with Gasteiger partial charge in [0.25, 0.3) is 0 Å². The summed E-state index contributed by atoms with van der Waals surface area (Å²) in [4.78, 5) is 2.69. The molecule has 0 atom stereocenters. The van der Waals surface area contributed by atoms with Gasteiger partial charge in [-0.05, 0) is 25.8 Å². The molecule has 1 spiro atoms. The molecule has 2 nitrogen and oxygen atoms in total. The lowest BCUT2D eigenvalue weighted by Gasteiger charge is -2.41. The topological polar surface area (TPSA) is 15.3 Å². The highest BCUT2D eigenvalue weighted by Crippen LogP contribution is 2.31. The summed E-state index contributed by atoms with van der Waals surface area (Å²) in [6.45, 7) is 7.42. The summed E-state index contributed by atoms with van der Waals surface area (Å²) in [5, 5.41) is 3.77. The first-order chi connectivity index (χ1) is 7.35. The highest BCUT2D eigenvalue weighted by Gasteiger charge is 2.37. The molecule has 2 fully saturated rings.